The van der Waals surface area contributed by atoms with E-state index < -0.39 is 16.5 Å². The molecule has 12 heteroatoms. The summed E-state index contributed by atoms with van der Waals surface area (Å²) in [4.78, 5) is 31.0. The molecule has 0 aliphatic heterocycles. The van der Waals surface area contributed by atoms with Crippen LogP contribution in [0.25, 0.3) is 0 Å². The van der Waals surface area contributed by atoms with Gasteiger partial charge in [-0.2, -0.15) is 0 Å². The van der Waals surface area contributed by atoms with Crippen LogP contribution in [0.2, 0.25) is 10.0 Å². The second-order valence-electron chi connectivity index (χ2n) is 5.71. The normalized spacial score (nSPS) is 10.2. The Kier molecular flexibility index (Phi) is 6.50. The van der Waals surface area contributed by atoms with Crippen LogP contribution in [0.4, 0.5) is 23.0 Å². The van der Waals surface area contributed by atoms with Gasteiger partial charge in [0.15, 0.2) is 0 Å². The number of hydrogen-bond acceptors (Lipinski definition) is 8. The Bertz CT molecular complexity index is 1090. The van der Waals surface area contributed by atoms with E-state index in [2.05, 4.69) is 26.1 Å². The summed E-state index contributed by atoms with van der Waals surface area (Å²) in [5.74, 6) is -0.308. The molecule has 3 aromatic rings. The predicted octanol–water partition coefficient (Wildman–Crippen LogP) is 4.20. The molecule has 154 valence electrons. The number of benzene rings is 2. The summed E-state index contributed by atoms with van der Waals surface area (Å²) in [6.45, 7) is 0. The fraction of sp³-hybridized carbons (Fsp3) is 0.0556. The number of amides is 1. The van der Waals surface area contributed by atoms with Crippen LogP contribution in [0, 0.1) is 10.1 Å². The topological polar surface area (TPSA) is 131 Å². The van der Waals surface area contributed by atoms with E-state index in [1.165, 1.54) is 7.11 Å². The van der Waals surface area contributed by atoms with E-state index in [1.807, 2.05) is 0 Å². The Morgan fingerprint density at radius 2 is 1.80 bits per heavy atom. The van der Waals surface area contributed by atoms with Crippen molar-refractivity contribution in [2.45, 2.75) is 0 Å². The zero-order chi connectivity index (χ0) is 21.7. The highest BCUT2D eigenvalue weighted by atomic mass is 35.5. The van der Waals surface area contributed by atoms with Gasteiger partial charge in [-0.05, 0) is 36.4 Å². The summed E-state index contributed by atoms with van der Waals surface area (Å²) in [5, 5.41) is 14.8. The van der Waals surface area contributed by atoms with Gasteiger partial charge < -0.3 is 10.1 Å². The maximum absolute atomic E-state index is 12.3. The zero-order valence-electron chi connectivity index (χ0n) is 15.3. The van der Waals surface area contributed by atoms with Crippen molar-refractivity contribution in [2.24, 2.45) is 0 Å². The first-order valence-electron chi connectivity index (χ1n) is 8.31. The molecule has 0 unspecified atom stereocenters. The largest absolute Gasteiger partial charge is 0.497 e. The van der Waals surface area contributed by atoms with E-state index in [0.717, 1.165) is 6.33 Å². The molecule has 0 saturated carbocycles. The minimum Gasteiger partial charge on any atom is -0.497 e. The van der Waals surface area contributed by atoms with E-state index in [9.17, 15) is 14.9 Å². The molecule has 2 aromatic carbocycles. The lowest BCUT2D eigenvalue weighted by atomic mass is 10.2. The van der Waals surface area contributed by atoms with Gasteiger partial charge in [-0.25, -0.2) is 9.97 Å². The molecule has 3 rings (SSSR count). The van der Waals surface area contributed by atoms with Crippen LogP contribution < -0.4 is 20.9 Å². The van der Waals surface area contributed by atoms with Crippen molar-refractivity contribution in [3.63, 3.8) is 0 Å². The summed E-state index contributed by atoms with van der Waals surface area (Å²) in [6, 6.07) is 11.1. The summed E-state index contributed by atoms with van der Waals surface area (Å²) >= 11 is 12.1. The van der Waals surface area contributed by atoms with Crippen LogP contribution in [-0.2, 0) is 0 Å². The molecule has 0 radical (unpaired) electrons. The quantitative estimate of drug-likeness (QED) is 0.361. The smallest absolute Gasteiger partial charge is 0.355 e. The van der Waals surface area contributed by atoms with Crippen molar-refractivity contribution < 1.29 is 14.5 Å². The number of methoxy groups -OCH3 is 1. The zero-order valence-corrected chi connectivity index (χ0v) is 16.9. The van der Waals surface area contributed by atoms with Crippen LogP contribution in [-0.4, -0.2) is 27.9 Å². The molecule has 0 fully saturated rings. The maximum Gasteiger partial charge on any atom is 0.355 e. The van der Waals surface area contributed by atoms with Gasteiger partial charge in [0, 0.05) is 5.56 Å². The summed E-state index contributed by atoms with van der Waals surface area (Å²) in [6.07, 6.45) is 1.09. The number of hydrazine groups is 1. The molecule has 0 atom stereocenters. The number of nitro groups is 1. The number of carbonyl (C=O) groups excluding carboxylic acids is 1. The fourth-order valence-electron chi connectivity index (χ4n) is 2.39. The Morgan fingerprint density at radius 3 is 2.47 bits per heavy atom. The molecule has 1 aromatic heterocycles. The fourth-order valence-corrected chi connectivity index (χ4v) is 2.74. The van der Waals surface area contributed by atoms with Gasteiger partial charge >= 0.3 is 5.69 Å². The monoisotopic (exact) mass is 448 g/mol. The molecule has 10 nitrogen and oxygen atoms in total. The first kappa shape index (κ1) is 21.1. The number of hydrogen-bond donors (Lipinski definition) is 3. The van der Waals surface area contributed by atoms with Crippen LogP contribution in [0.3, 0.4) is 0 Å². The average molecular weight is 449 g/mol. The molecule has 0 spiro atoms. The van der Waals surface area contributed by atoms with E-state index in [4.69, 9.17) is 27.9 Å². The van der Waals surface area contributed by atoms with Crippen LogP contribution >= 0.6 is 23.2 Å². The number of anilines is 3. The molecule has 30 heavy (non-hydrogen) atoms. The Hall–Kier alpha value is -3.63. The average Bonchev–Trinajstić information content (AvgIpc) is 2.75. The molecule has 0 bridgehead atoms. The molecular weight excluding hydrogens is 435 g/mol. The van der Waals surface area contributed by atoms with E-state index in [-0.39, 0.29) is 21.7 Å². The van der Waals surface area contributed by atoms with Crippen LogP contribution in [0.1, 0.15) is 10.4 Å². The summed E-state index contributed by atoms with van der Waals surface area (Å²) in [7, 11) is 1.51. The molecule has 0 aliphatic rings. The Labute approximate surface area is 180 Å². The Balaban J connectivity index is 1.82. The third-order valence-corrected chi connectivity index (χ3v) is 4.68. The first-order valence-corrected chi connectivity index (χ1v) is 9.07. The summed E-state index contributed by atoms with van der Waals surface area (Å²) < 4.78 is 5.03. The number of ether oxygens (including phenoxy) is 1. The molecule has 1 heterocycles. The molecule has 0 aliphatic carbocycles. The molecule has 1 amide bonds. The lowest BCUT2D eigenvalue weighted by Gasteiger charge is -2.12. The van der Waals surface area contributed by atoms with Crippen molar-refractivity contribution in [3.05, 3.63) is 74.5 Å². The van der Waals surface area contributed by atoms with Gasteiger partial charge in [0.05, 0.1) is 27.8 Å². The third-order valence-electron chi connectivity index (χ3n) is 3.86. The van der Waals surface area contributed by atoms with Gasteiger partial charge in [-0.15, -0.1) is 0 Å². The highest BCUT2D eigenvalue weighted by Crippen LogP contribution is 2.35. The van der Waals surface area contributed by atoms with E-state index >= 15 is 0 Å². The first-order chi connectivity index (χ1) is 14.4. The summed E-state index contributed by atoms with van der Waals surface area (Å²) in [5.41, 5.74) is 4.94. The number of carbonyl (C=O) groups is 1. The molecule has 3 N–H and O–H groups in total. The number of nitrogens with one attached hydrogen (secondary N) is 3. The minimum atomic E-state index is -0.692. The van der Waals surface area contributed by atoms with Crippen molar-refractivity contribution >= 4 is 52.1 Å². The van der Waals surface area contributed by atoms with Crippen LogP contribution in [0.15, 0.2) is 48.8 Å². The highest BCUT2D eigenvalue weighted by molar-refractivity contribution is 6.43. The lowest BCUT2D eigenvalue weighted by molar-refractivity contribution is -0.383. The highest BCUT2D eigenvalue weighted by Gasteiger charge is 2.24. The van der Waals surface area contributed by atoms with Crippen molar-refractivity contribution in [1.29, 1.82) is 0 Å². The van der Waals surface area contributed by atoms with Gasteiger partial charge in [0.2, 0.25) is 11.6 Å². The number of rotatable bonds is 7. The SMILES string of the molecule is COc1ccc(C(=O)NNc2ncnc(Nc3cccc(Cl)c3Cl)c2[N+](=O)[O-])cc1. The number of halogens is 2. The number of nitrogens with zero attached hydrogens (tertiary/aromatic N) is 3. The second-order valence-corrected chi connectivity index (χ2v) is 6.50. The minimum absolute atomic E-state index is 0.139. The van der Waals surface area contributed by atoms with Crippen molar-refractivity contribution in [2.75, 3.05) is 17.9 Å². The molecular formula is C18H14Cl2N6O4. The standard InChI is InChI=1S/C18H14Cl2N6O4/c1-30-11-7-5-10(6-8-11)18(27)25-24-17-15(26(28)29)16(21-9-22-17)23-13-4-2-3-12(19)14(13)20/h2-9H,1H3,(H,25,27)(H2,21,22,23,24). The number of aromatic nitrogens is 2. The maximum atomic E-state index is 12.3. The van der Waals surface area contributed by atoms with Gasteiger partial charge in [-0.1, -0.05) is 29.3 Å². The van der Waals surface area contributed by atoms with Crippen LogP contribution in [0.5, 0.6) is 5.75 Å². The van der Waals surface area contributed by atoms with Gasteiger partial charge in [0.25, 0.3) is 5.91 Å². The van der Waals surface area contributed by atoms with Crippen molar-refractivity contribution in [1.82, 2.24) is 15.4 Å². The van der Waals surface area contributed by atoms with E-state index in [0.29, 0.717) is 17.0 Å². The Morgan fingerprint density at radius 1 is 1.10 bits per heavy atom. The lowest BCUT2D eigenvalue weighted by Crippen LogP contribution is -2.30. The second kappa shape index (κ2) is 9.25. The third kappa shape index (κ3) is 4.67. The van der Waals surface area contributed by atoms with Gasteiger partial charge in [0.1, 0.15) is 12.1 Å². The van der Waals surface area contributed by atoms with Crippen molar-refractivity contribution in [3.8, 4) is 5.75 Å². The van der Waals surface area contributed by atoms with Gasteiger partial charge in [-0.3, -0.25) is 25.8 Å². The molecule has 0 saturated heterocycles. The predicted molar refractivity (Wildman–Crippen MR) is 113 cm³/mol. The van der Waals surface area contributed by atoms with E-state index in [1.54, 1.807) is 42.5 Å².